The number of carbonyl (C=O) groups excluding carboxylic acids is 1. The summed E-state index contributed by atoms with van der Waals surface area (Å²) in [4.78, 5) is 14.2. The lowest BCUT2D eigenvalue weighted by molar-refractivity contribution is -0.150. The van der Waals surface area contributed by atoms with Gasteiger partial charge in [0.15, 0.2) is 5.65 Å². The van der Waals surface area contributed by atoms with Crippen LogP contribution in [0.1, 0.15) is 24.2 Å². The van der Waals surface area contributed by atoms with Crippen molar-refractivity contribution in [3.05, 3.63) is 47.8 Å². The Morgan fingerprint density at radius 1 is 1.06 bits per heavy atom. The van der Waals surface area contributed by atoms with Crippen molar-refractivity contribution in [2.24, 2.45) is 5.92 Å². The average molecular weight is 449 g/mol. The molecule has 0 spiro atoms. The molecule has 0 unspecified atom stereocenters. The fraction of sp³-hybridized carbons (Fsp3) is 0.429. The van der Waals surface area contributed by atoms with Crippen LogP contribution in [0.15, 0.2) is 36.4 Å². The van der Waals surface area contributed by atoms with Crippen LogP contribution in [0.2, 0.25) is 0 Å². The van der Waals surface area contributed by atoms with Gasteiger partial charge in [0.2, 0.25) is 0 Å². The molecule has 11 heteroatoms. The topological polar surface area (TPSA) is 81.9 Å². The fourth-order valence-electron chi connectivity index (χ4n) is 3.52. The van der Waals surface area contributed by atoms with Gasteiger partial charge in [0, 0.05) is 13.1 Å². The highest BCUT2D eigenvalue weighted by molar-refractivity contribution is 5.72. The van der Waals surface area contributed by atoms with Crippen LogP contribution in [0, 0.1) is 12.8 Å². The van der Waals surface area contributed by atoms with Gasteiger partial charge >= 0.3 is 12.1 Å². The number of halogens is 3. The molecule has 170 valence electrons. The molecule has 3 heterocycles. The Bertz CT molecular complexity index is 1080. The van der Waals surface area contributed by atoms with Crippen LogP contribution in [0.5, 0.6) is 5.75 Å². The molecule has 4 rings (SSSR count). The van der Waals surface area contributed by atoms with Crippen molar-refractivity contribution >= 4 is 17.4 Å². The Morgan fingerprint density at radius 2 is 1.78 bits per heavy atom. The molecule has 0 amide bonds. The molecule has 0 bridgehead atoms. The summed E-state index contributed by atoms with van der Waals surface area (Å²) < 4.78 is 50.8. The molecule has 1 saturated heterocycles. The van der Waals surface area contributed by atoms with Gasteiger partial charge < -0.3 is 14.4 Å². The van der Waals surface area contributed by atoms with E-state index in [0.29, 0.717) is 42.0 Å². The molecule has 1 fully saturated rings. The van der Waals surface area contributed by atoms with E-state index in [0.717, 1.165) is 5.56 Å². The number of aryl methyl sites for hydroxylation is 1. The zero-order chi connectivity index (χ0) is 22.7. The Morgan fingerprint density at radius 3 is 2.47 bits per heavy atom. The highest BCUT2D eigenvalue weighted by atomic mass is 19.4. The number of hydrogen-bond acceptors (Lipinski definition) is 7. The predicted molar refractivity (Wildman–Crippen MR) is 108 cm³/mol. The maximum atomic E-state index is 13.1. The largest absolute Gasteiger partial charge is 0.490 e. The summed E-state index contributed by atoms with van der Waals surface area (Å²) in [5.41, 5.74) is 1.15. The summed E-state index contributed by atoms with van der Waals surface area (Å²) in [6.45, 7) is 3.35. The summed E-state index contributed by atoms with van der Waals surface area (Å²) in [5, 5.41) is 10.7. The molecule has 32 heavy (non-hydrogen) atoms. The first-order valence-corrected chi connectivity index (χ1v) is 10.2. The molecule has 1 aliphatic rings. The van der Waals surface area contributed by atoms with Crippen molar-refractivity contribution < 1.29 is 27.4 Å². The SMILES string of the molecule is Cc1ccc(OCCOC(=O)C2CCN(c3ccc4nnc(C(F)(F)F)n4n3)CC2)cc1. The first-order chi connectivity index (χ1) is 15.3. The van der Waals surface area contributed by atoms with E-state index in [2.05, 4.69) is 15.3 Å². The molecule has 0 aliphatic carbocycles. The maximum Gasteiger partial charge on any atom is 0.453 e. The number of ether oxygens (including phenoxy) is 2. The molecule has 0 saturated carbocycles. The number of aromatic nitrogens is 4. The van der Waals surface area contributed by atoms with Crippen LogP contribution in [-0.4, -0.2) is 52.1 Å². The van der Waals surface area contributed by atoms with Crippen LogP contribution in [0.3, 0.4) is 0 Å². The number of alkyl halides is 3. The Hall–Kier alpha value is -3.37. The van der Waals surface area contributed by atoms with Crippen LogP contribution < -0.4 is 9.64 Å². The number of benzene rings is 1. The summed E-state index contributed by atoms with van der Waals surface area (Å²) in [7, 11) is 0. The summed E-state index contributed by atoms with van der Waals surface area (Å²) >= 11 is 0. The number of piperidine rings is 1. The minimum Gasteiger partial charge on any atom is -0.490 e. The molecule has 0 radical (unpaired) electrons. The summed E-state index contributed by atoms with van der Waals surface area (Å²) in [6, 6.07) is 10.6. The minimum absolute atomic E-state index is 0.0207. The second-order valence-electron chi connectivity index (χ2n) is 7.57. The number of anilines is 1. The quantitative estimate of drug-likeness (QED) is 0.422. The van der Waals surface area contributed by atoms with E-state index in [-0.39, 0.29) is 30.7 Å². The van der Waals surface area contributed by atoms with Crippen molar-refractivity contribution in [1.29, 1.82) is 0 Å². The van der Waals surface area contributed by atoms with Crippen molar-refractivity contribution in [3.63, 3.8) is 0 Å². The molecular weight excluding hydrogens is 427 g/mol. The van der Waals surface area contributed by atoms with Gasteiger partial charge in [-0.1, -0.05) is 17.7 Å². The third kappa shape index (κ3) is 4.92. The molecule has 3 aromatic rings. The van der Waals surface area contributed by atoms with Gasteiger partial charge in [-0.15, -0.1) is 15.3 Å². The fourth-order valence-corrected chi connectivity index (χ4v) is 3.52. The highest BCUT2D eigenvalue weighted by Gasteiger charge is 2.38. The van der Waals surface area contributed by atoms with E-state index in [1.54, 1.807) is 6.07 Å². The number of nitrogens with zero attached hydrogens (tertiary/aromatic N) is 5. The zero-order valence-corrected chi connectivity index (χ0v) is 17.4. The van der Waals surface area contributed by atoms with Gasteiger partial charge in [-0.25, -0.2) is 0 Å². The molecule has 2 aromatic heterocycles. The minimum atomic E-state index is -4.65. The molecule has 1 aromatic carbocycles. The van der Waals surface area contributed by atoms with Gasteiger partial charge in [0.05, 0.1) is 5.92 Å². The van der Waals surface area contributed by atoms with Crippen LogP contribution in [0.4, 0.5) is 19.0 Å². The van der Waals surface area contributed by atoms with Crippen LogP contribution >= 0.6 is 0 Å². The zero-order valence-electron chi connectivity index (χ0n) is 17.4. The smallest absolute Gasteiger partial charge is 0.453 e. The Balaban J connectivity index is 1.27. The third-order valence-corrected chi connectivity index (χ3v) is 5.27. The van der Waals surface area contributed by atoms with E-state index < -0.39 is 12.0 Å². The monoisotopic (exact) mass is 449 g/mol. The van der Waals surface area contributed by atoms with Crippen molar-refractivity contribution in [2.75, 3.05) is 31.2 Å². The van der Waals surface area contributed by atoms with E-state index in [9.17, 15) is 18.0 Å². The van der Waals surface area contributed by atoms with Gasteiger partial charge in [-0.3, -0.25) is 4.79 Å². The van der Waals surface area contributed by atoms with Gasteiger partial charge in [0.25, 0.3) is 5.82 Å². The molecule has 1 aliphatic heterocycles. The number of hydrogen-bond donors (Lipinski definition) is 0. The summed E-state index contributed by atoms with van der Waals surface area (Å²) in [6.07, 6.45) is -3.61. The van der Waals surface area contributed by atoms with Crippen LogP contribution in [-0.2, 0) is 15.7 Å². The van der Waals surface area contributed by atoms with Crippen LogP contribution in [0.25, 0.3) is 5.65 Å². The molecule has 0 N–H and O–H groups in total. The number of rotatable bonds is 6. The van der Waals surface area contributed by atoms with E-state index in [4.69, 9.17) is 9.47 Å². The van der Waals surface area contributed by atoms with Gasteiger partial charge in [-0.05, 0) is 44.0 Å². The predicted octanol–water partition coefficient (Wildman–Crippen LogP) is 3.29. The van der Waals surface area contributed by atoms with Gasteiger partial charge in [0.1, 0.15) is 24.8 Å². The molecular formula is C21H22F3N5O3. The number of esters is 1. The number of fused-ring (bicyclic) bond motifs is 1. The molecule has 8 nitrogen and oxygen atoms in total. The maximum absolute atomic E-state index is 13.1. The standard InChI is InChI=1S/C21H22F3N5O3/c1-14-2-4-16(5-3-14)31-12-13-32-19(30)15-8-10-28(11-9-15)18-7-6-17-25-26-20(21(22,23)24)29(17)27-18/h2-7,15H,8-13H2,1H3. The lowest BCUT2D eigenvalue weighted by Gasteiger charge is -2.31. The Kier molecular flexibility index (Phi) is 6.15. The number of carbonyl (C=O) groups is 1. The molecule has 0 atom stereocenters. The van der Waals surface area contributed by atoms with Crippen molar-refractivity contribution in [3.8, 4) is 5.75 Å². The van der Waals surface area contributed by atoms with Gasteiger partial charge in [-0.2, -0.15) is 17.7 Å². The normalized spacial score (nSPS) is 15.2. The van der Waals surface area contributed by atoms with Crippen molar-refractivity contribution in [1.82, 2.24) is 19.8 Å². The van der Waals surface area contributed by atoms with E-state index in [1.807, 2.05) is 36.1 Å². The lowest BCUT2D eigenvalue weighted by Crippen LogP contribution is -2.38. The first-order valence-electron chi connectivity index (χ1n) is 10.2. The highest BCUT2D eigenvalue weighted by Crippen LogP contribution is 2.29. The summed E-state index contributed by atoms with van der Waals surface area (Å²) in [5.74, 6) is -0.637. The lowest BCUT2D eigenvalue weighted by atomic mass is 9.97. The van der Waals surface area contributed by atoms with E-state index in [1.165, 1.54) is 6.07 Å². The van der Waals surface area contributed by atoms with E-state index >= 15 is 0 Å². The third-order valence-electron chi connectivity index (χ3n) is 5.27. The second kappa shape index (κ2) is 9.01. The second-order valence-corrected chi connectivity index (χ2v) is 7.57. The Labute approximate surface area is 181 Å². The van der Waals surface area contributed by atoms with Crippen molar-refractivity contribution in [2.45, 2.75) is 25.9 Å². The first kappa shape index (κ1) is 21.8. The average Bonchev–Trinajstić information content (AvgIpc) is 3.22.